The molecule has 0 unspecified atom stereocenters. The summed E-state index contributed by atoms with van der Waals surface area (Å²) in [7, 11) is 0. The number of rotatable bonds is 5. The fourth-order valence-corrected chi connectivity index (χ4v) is 1.77. The van der Waals surface area contributed by atoms with E-state index >= 15 is 0 Å². The van der Waals surface area contributed by atoms with Gasteiger partial charge >= 0.3 is 0 Å². The van der Waals surface area contributed by atoms with Gasteiger partial charge in [-0.25, -0.2) is 0 Å². The van der Waals surface area contributed by atoms with E-state index in [2.05, 4.69) is 20.6 Å². The van der Waals surface area contributed by atoms with Gasteiger partial charge in [0.2, 0.25) is 11.8 Å². The number of amides is 1. The zero-order valence-electron chi connectivity index (χ0n) is 11.2. The summed E-state index contributed by atoms with van der Waals surface area (Å²) >= 11 is 0. The average Bonchev–Trinajstić information content (AvgIpc) is 2.92. The minimum atomic E-state index is -0.0733. The highest BCUT2D eigenvalue weighted by Crippen LogP contribution is 2.14. The van der Waals surface area contributed by atoms with Gasteiger partial charge in [0.15, 0.2) is 5.82 Å². The van der Waals surface area contributed by atoms with Crippen molar-refractivity contribution in [3.05, 3.63) is 28.7 Å². The van der Waals surface area contributed by atoms with Gasteiger partial charge in [0, 0.05) is 12.0 Å². The Labute approximate surface area is 110 Å². The van der Waals surface area contributed by atoms with E-state index in [4.69, 9.17) is 9.05 Å². The second-order valence-electron chi connectivity index (χ2n) is 4.31. The van der Waals surface area contributed by atoms with Gasteiger partial charge in [-0.2, -0.15) is 4.98 Å². The van der Waals surface area contributed by atoms with Gasteiger partial charge < -0.3 is 14.4 Å². The van der Waals surface area contributed by atoms with Crippen LogP contribution in [-0.2, 0) is 17.8 Å². The summed E-state index contributed by atoms with van der Waals surface area (Å²) < 4.78 is 9.95. The van der Waals surface area contributed by atoms with Crippen molar-refractivity contribution >= 4 is 5.91 Å². The number of carbonyl (C=O) groups excluding carboxylic acids is 1. The molecule has 0 bridgehead atoms. The summed E-state index contributed by atoms with van der Waals surface area (Å²) in [5, 5.41) is 10.2. The van der Waals surface area contributed by atoms with Crippen LogP contribution in [0.4, 0.5) is 0 Å². The molecule has 0 aliphatic carbocycles. The maximum atomic E-state index is 11.7. The molecule has 102 valence electrons. The van der Waals surface area contributed by atoms with Crippen LogP contribution < -0.4 is 5.32 Å². The molecule has 0 spiro atoms. The molecule has 0 radical (unpaired) electrons. The topological polar surface area (TPSA) is 94.1 Å². The number of hydrogen-bond donors (Lipinski definition) is 1. The summed E-state index contributed by atoms with van der Waals surface area (Å²) in [5.41, 5.74) is 1.82. The van der Waals surface area contributed by atoms with E-state index < -0.39 is 0 Å². The molecule has 0 aliphatic heterocycles. The molecule has 0 saturated carbocycles. The lowest BCUT2D eigenvalue weighted by Crippen LogP contribution is -2.23. The first kappa shape index (κ1) is 13.3. The minimum absolute atomic E-state index is 0.0733. The average molecular weight is 264 g/mol. The Kier molecular flexibility index (Phi) is 3.94. The van der Waals surface area contributed by atoms with E-state index in [-0.39, 0.29) is 12.5 Å². The Morgan fingerprint density at radius 3 is 2.58 bits per heavy atom. The lowest BCUT2D eigenvalue weighted by molar-refractivity contribution is -0.121. The first-order chi connectivity index (χ1) is 9.06. The largest absolute Gasteiger partial charge is 0.361 e. The van der Waals surface area contributed by atoms with Crippen molar-refractivity contribution in [1.29, 1.82) is 0 Å². The predicted molar refractivity (Wildman–Crippen MR) is 65.2 cm³/mol. The normalized spacial score (nSPS) is 10.7. The Morgan fingerprint density at radius 2 is 2.00 bits per heavy atom. The molecule has 0 aromatic carbocycles. The molecule has 7 nitrogen and oxygen atoms in total. The van der Waals surface area contributed by atoms with Crippen LogP contribution in [-0.4, -0.2) is 21.2 Å². The van der Waals surface area contributed by atoms with Crippen molar-refractivity contribution in [3.63, 3.8) is 0 Å². The van der Waals surface area contributed by atoms with Crippen LogP contribution in [0.25, 0.3) is 0 Å². The quantitative estimate of drug-likeness (QED) is 0.872. The van der Waals surface area contributed by atoms with Crippen LogP contribution in [0.2, 0.25) is 0 Å². The van der Waals surface area contributed by atoms with Crippen molar-refractivity contribution in [2.75, 3.05) is 0 Å². The fraction of sp³-hybridized carbons (Fsp3) is 0.500. The Morgan fingerprint density at radius 1 is 1.21 bits per heavy atom. The van der Waals surface area contributed by atoms with Crippen LogP contribution in [0, 0.1) is 20.8 Å². The molecule has 0 saturated heterocycles. The molecular formula is C12H16N4O3. The number of nitrogens with zero attached hydrogens (tertiary/aromatic N) is 3. The zero-order valence-corrected chi connectivity index (χ0v) is 11.2. The predicted octanol–water partition coefficient (Wildman–Crippen LogP) is 1.23. The molecule has 2 aromatic rings. The molecule has 19 heavy (non-hydrogen) atoms. The summed E-state index contributed by atoms with van der Waals surface area (Å²) in [6.07, 6.45) is 0.978. The van der Waals surface area contributed by atoms with Crippen molar-refractivity contribution in [1.82, 2.24) is 20.6 Å². The highest BCUT2D eigenvalue weighted by molar-refractivity contribution is 5.76. The number of nitrogens with one attached hydrogen (secondary N) is 1. The van der Waals surface area contributed by atoms with Gasteiger partial charge in [-0.1, -0.05) is 10.3 Å². The van der Waals surface area contributed by atoms with Gasteiger partial charge in [-0.15, -0.1) is 0 Å². The van der Waals surface area contributed by atoms with Gasteiger partial charge in [0.25, 0.3) is 0 Å². The molecule has 0 aliphatic rings. The molecule has 7 heteroatoms. The van der Waals surface area contributed by atoms with Crippen LogP contribution in [0.3, 0.4) is 0 Å². The van der Waals surface area contributed by atoms with Crippen molar-refractivity contribution in [2.45, 2.75) is 40.2 Å². The van der Waals surface area contributed by atoms with Gasteiger partial charge in [-0.05, 0) is 27.2 Å². The highest BCUT2D eigenvalue weighted by Gasteiger charge is 2.11. The number of aromatic nitrogens is 3. The van der Waals surface area contributed by atoms with Crippen LogP contribution in [0.5, 0.6) is 0 Å². The van der Waals surface area contributed by atoms with E-state index in [0.29, 0.717) is 24.6 Å². The van der Waals surface area contributed by atoms with Crippen molar-refractivity contribution < 1.29 is 13.8 Å². The highest BCUT2D eigenvalue weighted by atomic mass is 16.5. The fourth-order valence-electron chi connectivity index (χ4n) is 1.77. The zero-order chi connectivity index (χ0) is 13.8. The second-order valence-corrected chi connectivity index (χ2v) is 4.31. The summed E-state index contributed by atoms with van der Waals surface area (Å²) in [4.78, 5) is 15.7. The van der Waals surface area contributed by atoms with E-state index in [1.165, 1.54) is 0 Å². The smallest absolute Gasteiger partial charge is 0.246 e. The molecule has 1 amide bonds. The van der Waals surface area contributed by atoms with Crippen LogP contribution >= 0.6 is 0 Å². The first-order valence-electron chi connectivity index (χ1n) is 6.04. The van der Waals surface area contributed by atoms with E-state index in [0.717, 1.165) is 17.0 Å². The summed E-state index contributed by atoms with van der Waals surface area (Å²) in [6.45, 7) is 5.69. The third-order valence-electron chi connectivity index (χ3n) is 2.79. The molecule has 2 aromatic heterocycles. The maximum Gasteiger partial charge on any atom is 0.246 e. The molecule has 2 heterocycles. The standard InChI is InChI=1S/C12H16N4O3/c1-7-10(8(2)18-15-7)4-5-11(17)13-6-12-14-9(3)16-19-12/h4-6H2,1-3H3,(H,13,17). The third kappa shape index (κ3) is 3.40. The molecule has 0 fully saturated rings. The molecule has 2 rings (SSSR count). The van der Waals surface area contributed by atoms with Crippen molar-refractivity contribution in [2.24, 2.45) is 0 Å². The number of carbonyl (C=O) groups is 1. The number of aryl methyl sites for hydroxylation is 3. The lowest BCUT2D eigenvalue weighted by atomic mass is 10.1. The van der Waals surface area contributed by atoms with E-state index in [1.807, 2.05) is 13.8 Å². The summed E-state index contributed by atoms with van der Waals surface area (Å²) in [6, 6.07) is 0. The SMILES string of the molecule is Cc1noc(CNC(=O)CCc2c(C)noc2C)n1. The van der Waals surface area contributed by atoms with E-state index in [1.54, 1.807) is 6.92 Å². The Bertz CT molecular complexity index is 554. The monoisotopic (exact) mass is 264 g/mol. The van der Waals surface area contributed by atoms with Gasteiger partial charge in [0.1, 0.15) is 5.76 Å². The third-order valence-corrected chi connectivity index (χ3v) is 2.79. The van der Waals surface area contributed by atoms with Crippen LogP contribution in [0.1, 0.15) is 35.2 Å². The van der Waals surface area contributed by atoms with Gasteiger partial charge in [0.05, 0.1) is 12.2 Å². The minimum Gasteiger partial charge on any atom is -0.361 e. The first-order valence-corrected chi connectivity index (χ1v) is 6.04. The molecule has 1 N–H and O–H groups in total. The van der Waals surface area contributed by atoms with Gasteiger partial charge in [-0.3, -0.25) is 4.79 Å². The lowest BCUT2D eigenvalue weighted by Gasteiger charge is -2.02. The second kappa shape index (κ2) is 5.64. The Balaban J connectivity index is 1.79. The van der Waals surface area contributed by atoms with E-state index in [9.17, 15) is 4.79 Å². The number of hydrogen-bond acceptors (Lipinski definition) is 6. The molecule has 0 atom stereocenters. The Hall–Kier alpha value is -2.18. The summed E-state index contributed by atoms with van der Waals surface area (Å²) in [5.74, 6) is 1.65. The molecular weight excluding hydrogens is 248 g/mol. The van der Waals surface area contributed by atoms with Crippen molar-refractivity contribution in [3.8, 4) is 0 Å². The van der Waals surface area contributed by atoms with Crippen LogP contribution in [0.15, 0.2) is 9.05 Å². The maximum absolute atomic E-state index is 11.7.